The number of rotatable bonds is 4. The van der Waals surface area contributed by atoms with Crippen molar-refractivity contribution in [3.63, 3.8) is 0 Å². The summed E-state index contributed by atoms with van der Waals surface area (Å²) in [6, 6.07) is 60.6. The van der Waals surface area contributed by atoms with E-state index in [-0.39, 0.29) is 0 Å². The highest BCUT2D eigenvalue weighted by molar-refractivity contribution is 7.86. The minimum absolute atomic E-state index is 0.821. The van der Waals surface area contributed by atoms with Crippen LogP contribution in [0.2, 0.25) is 0 Å². The molecule has 0 saturated carbocycles. The van der Waals surface area contributed by atoms with Gasteiger partial charge in [0.05, 0.1) is 0 Å². The third-order valence-corrected chi connectivity index (χ3v) is 13.2. The van der Waals surface area contributed by atoms with Crippen LogP contribution in [0.1, 0.15) is 0 Å². The van der Waals surface area contributed by atoms with Crippen LogP contribution in [0, 0.1) is 0 Å². The molecule has 10 rings (SSSR count). The average molecular weight is 645 g/mol. The first-order valence-corrected chi connectivity index (χ1v) is 18.3. The second-order valence-corrected chi connectivity index (χ2v) is 15.4. The van der Waals surface area contributed by atoms with Gasteiger partial charge in [0.1, 0.15) is 11.2 Å². The standard InChI is InChI=1S/C46H29O2P/c47-49(32-17-3-1-4-18-32,33-19-5-2-6-20-33)46-38-25-13-11-23-36(38)42(37-24-12-14-26-39(37)46)40-29-31-16-8-10-22-35(31)44-43-34-21-9-7-15-30(34)27-28-41(43)48-45(40)44/h1-29H. The lowest BCUT2D eigenvalue weighted by Gasteiger charge is -2.25. The van der Waals surface area contributed by atoms with Gasteiger partial charge in [-0.3, -0.25) is 0 Å². The van der Waals surface area contributed by atoms with Gasteiger partial charge in [-0.2, -0.15) is 0 Å². The van der Waals surface area contributed by atoms with Crippen LogP contribution in [0.4, 0.5) is 0 Å². The number of fused-ring (bicyclic) bond motifs is 9. The van der Waals surface area contributed by atoms with Crippen molar-refractivity contribution in [1.82, 2.24) is 0 Å². The molecule has 49 heavy (non-hydrogen) atoms. The second kappa shape index (κ2) is 10.8. The van der Waals surface area contributed by atoms with E-state index in [4.69, 9.17) is 4.42 Å². The fourth-order valence-electron chi connectivity index (χ4n) is 7.99. The summed E-state index contributed by atoms with van der Waals surface area (Å²) in [4.78, 5) is 0. The number of hydrogen-bond acceptors (Lipinski definition) is 2. The van der Waals surface area contributed by atoms with Crippen LogP contribution in [0.25, 0.3) is 76.2 Å². The van der Waals surface area contributed by atoms with Crippen molar-refractivity contribution < 1.29 is 8.98 Å². The Balaban J connectivity index is 1.41. The topological polar surface area (TPSA) is 30.2 Å². The third kappa shape index (κ3) is 4.05. The van der Waals surface area contributed by atoms with Crippen molar-refractivity contribution in [2.45, 2.75) is 0 Å². The number of furan rings is 1. The van der Waals surface area contributed by atoms with Crippen LogP contribution >= 0.6 is 7.14 Å². The minimum Gasteiger partial charge on any atom is -0.455 e. The van der Waals surface area contributed by atoms with Crippen LogP contribution in [-0.4, -0.2) is 0 Å². The Hall–Kier alpha value is -5.95. The number of hydrogen-bond donors (Lipinski definition) is 0. The van der Waals surface area contributed by atoms with Gasteiger partial charge in [-0.15, -0.1) is 0 Å². The van der Waals surface area contributed by atoms with Gasteiger partial charge in [-0.1, -0.05) is 164 Å². The Morgan fingerprint density at radius 1 is 0.408 bits per heavy atom. The van der Waals surface area contributed by atoms with Gasteiger partial charge in [-0.25, -0.2) is 0 Å². The van der Waals surface area contributed by atoms with E-state index in [2.05, 4.69) is 115 Å². The highest BCUT2D eigenvalue weighted by atomic mass is 31.2. The van der Waals surface area contributed by atoms with Gasteiger partial charge in [0, 0.05) is 37.8 Å². The van der Waals surface area contributed by atoms with Crippen LogP contribution in [0.5, 0.6) is 0 Å². The van der Waals surface area contributed by atoms with E-state index in [0.29, 0.717) is 0 Å². The molecule has 0 radical (unpaired) electrons. The lowest BCUT2D eigenvalue weighted by atomic mass is 9.89. The Kier molecular flexibility index (Phi) is 6.19. The first kappa shape index (κ1) is 28.1. The molecular weight excluding hydrogens is 615 g/mol. The molecule has 1 heterocycles. The Morgan fingerprint density at radius 3 is 1.47 bits per heavy atom. The Bertz CT molecular complexity index is 2860. The smallest absolute Gasteiger partial charge is 0.172 e. The predicted octanol–water partition coefficient (Wildman–Crippen LogP) is 11.5. The molecule has 0 fully saturated rings. The van der Waals surface area contributed by atoms with Gasteiger partial charge in [0.25, 0.3) is 0 Å². The van der Waals surface area contributed by atoms with E-state index in [9.17, 15) is 0 Å². The van der Waals surface area contributed by atoms with Crippen molar-refractivity contribution in [1.29, 1.82) is 0 Å². The molecular formula is C46H29O2P. The average Bonchev–Trinajstić information content (AvgIpc) is 3.58. The van der Waals surface area contributed by atoms with E-state index in [1.807, 2.05) is 60.7 Å². The van der Waals surface area contributed by atoms with Gasteiger partial charge in [0.2, 0.25) is 0 Å². The zero-order valence-corrected chi connectivity index (χ0v) is 27.4. The van der Waals surface area contributed by atoms with Crippen LogP contribution in [0.3, 0.4) is 0 Å². The number of benzene rings is 9. The van der Waals surface area contributed by atoms with E-state index in [0.717, 1.165) is 75.9 Å². The SMILES string of the molecule is O=P(c1ccccc1)(c1ccccc1)c1c2ccccc2c(-c2cc3ccccc3c3c2oc2ccc4ccccc4c23)c2ccccc12. The maximum absolute atomic E-state index is 16.1. The van der Waals surface area contributed by atoms with E-state index in [1.165, 1.54) is 16.2 Å². The molecule has 0 N–H and O–H groups in total. The van der Waals surface area contributed by atoms with Crippen LogP contribution in [0.15, 0.2) is 180 Å². The van der Waals surface area contributed by atoms with Crippen LogP contribution < -0.4 is 15.9 Å². The second-order valence-electron chi connectivity index (χ2n) is 12.7. The first-order chi connectivity index (χ1) is 24.2. The largest absolute Gasteiger partial charge is 0.455 e. The summed E-state index contributed by atoms with van der Waals surface area (Å²) >= 11 is 0. The molecule has 9 aromatic carbocycles. The molecule has 10 aromatic rings. The highest BCUT2D eigenvalue weighted by Crippen LogP contribution is 2.51. The quantitative estimate of drug-likeness (QED) is 0.141. The first-order valence-electron chi connectivity index (χ1n) is 16.6. The lowest BCUT2D eigenvalue weighted by Crippen LogP contribution is -2.26. The fraction of sp³-hybridized carbons (Fsp3) is 0. The minimum atomic E-state index is -3.34. The predicted molar refractivity (Wildman–Crippen MR) is 209 cm³/mol. The maximum atomic E-state index is 16.1. The molecule has 0 aliphatic heterocycles. The van der Waals surface area contributed by atoms with Gasteiger partial charge in [-0.05, 0) is 55.2 Å². The molecule has 0 saturated heterocycles. The third-order valence-electron chi connectivity index (χ3n) is 10.1. The van der Waals surface area contributed by atoms with E-state index < -0.39 is 7.14 Å². The summed E-state index contributed by atoms with van der Waals surface area (Å²) in [5, 5.41) is 13.5. The van der Waals surface area contributed by atoms with E-state index in [1.54, 1.807) is 0 Å². The fourth-order valence-corrected chi connectivity index (χ4v) is 11.1. The van der Waals surface area contributed by atoms with Gasteiger partial charge >= 0.3 is 0 Å². The summed E-state index contributed by atoms with van der Waals surface area (Å²) < 4.78 is 23.0. The summed E-state index contributed by atoms with van der Waals surface area (Å²) in [7, 11) is -3.34. The molecule has 2 nitrogen and oxygen atoms in total. The molecule has 0 aliphatic rings. The normalized spacial score (nSPS) is 12.2. The van der Waals surface area contributed by atoms with Crippen molar-refractivity contribution in [3.05, 3.63) is 176 Å². The summed E-state index contributed by atoms with van der Waals surface area (Å²) in [5.74, 6) is 0. The zero-order valence-electron chi connectivity index (χ0n) is 26.5. The maximum Gasteiger partial charge on any atom is 0.172 e. The van der Waals surface area contributed by atoms with Crippen molar-refractivity contribution >= 4 is 88.1 Å². The monoisotopic (exact) mass is 644 g/mol. The molecule has 230 valence electrons. The van der Waals surface area contributed by atoms with E-state index >= 15 is 4.57 Å². The Labute approximate surface area is 283 Å². The lowest BCUT2D eigenvalue weighted by molar-refractivity contribution is 0.593. The van der Waals surface area contributed by atoms with Crippen molar-refractivity contribution in [2.75, 3.05) is 0 Å². The molecule has 3 heteroatoms. The summed E-state index contributed by atoms with van der Waals surface area (Å²) in [6.45, 7) is 0. The molecule has 0 unspecified atom stereocenters. The molecule has 0 aliphatic carbocycles. The summed E-state index contributed by atoms with van der Waals surface area (Å²) in [5.41, 5.74) is 3.85. The van der Waals surface area contributed by atoms with Crippen LogP contribution in [-0.2, 0) is 4.57 Å². The van der Waals surface area contributed by atoms with Gasteiger partial charge < -0.3 is 8.98 Å². The molecule has 0 amide bonds. The zero-order chi connectivity index (χ0) is 32.5. The van der Waals surface area contributed by atoms with Crippen molar-refractivity contribution in [3.8, 4) is 11.1 Å². The highest BCUT2D eigenvalue weighted by Gasteiger charge is 2.34. The van der Waals surface area contributed by atoms with Gasteiger partial charge in [0.15, 0.2) is 7.14 Å². The summed E-state index contributed by atoms with van der Waals surface area (Å²) in [6.07, 6.45) is 0. The van der Waals surface area contributed by atoms with Crippen molar-refractivity contribution in [2.24, 2.45) is 0 Å². The molecule has 0 spiro atoms. The molecule has 0 atom stereocenters. The molecule has 0 bridgehead atoms. The Morgan fingerprint density at radius 2 is 0.878 bits per heavy atom. The molecule has 1 aromatic heterocycles.